The maximum absolute atomic E-state index is 12.2. The molecule has 5 nitrogen and oxygen atoms in total. The quantitative estimate of drug-likeness (QED) is 0.790. The molecule has 0 aliphatic heterocycles. The Bertz CT molecular complexity index is 675. The minimum atomic E-state index is -0.265. The average molecular weight is 336 g/mol. The molecule has 0 atom stereocenters. The topological polar surface area (TPSA) is 56.8 Å². The van der Waals surface area contributed by atoms with Crippen LogP contribution in [0.1, 0.15) is 10.4 Å². The first-order valence-electron chi connectivity index (χ1n) is 7.02. The largest absolute Gasteiger partial charge is 0.497 e. The lowest BCUT2D eigenvalue weighted by Crippen LogP contribution is -2.28. The summed E-state index contributed by atoms with van der Waals surface area (Å²) in [4.78, 5) is 12.2. The number of methoxy groups -OCH3 is 2. The zero-order valence-electron chi connectivity index (χ0n) is 13.0. The number of hydrogen-bond acceptors (Lipinski definition) is 4. The van der Waals surface area contributed by atoms with Crippen LogP contribution in [0.2, 0.25) is 5.02 Å². The molecule has 0 aromatic heterocycles. The lowest BCUT2D eigenvalue weighted by Gasteiger charge is -2.11. The van der Waals surface area contributed by atoms with Gasteiger partial charge in [-0.2, -0.15) is 0 Å². The Kier molecular flexibility index (Phi) is 6.11. The highest BCUT2D eigenvalue weighted by Crippen LogP contribution is 2.22. The smallest absolute Gasteiger partial charge is 0.255 e. The Hall–Kier alpha value is -2.40. The van der Waals surface area contributed by atoms with Gasteiger partial charge in [0.2, 0.25) is 0 Å². The monoisotopic (exact) mass is 335 g/mol. The van der Waals surface area contributed by atoms with E-state index >= 15 is 0 Å². The van der Waals surface area contributed by atoms with Crippen LogP contribution in [0.25, 0.3) is 0 Å². The molecule has 0 spiro atoms. The van der Waals surface area contributed by atoms with Crippen molar-refractivity contribution in [1.82, 2.24) is 5.32 Å². The normalized spacial score (nSPS) is 10.0. The number of ether oxygens (including phenoxy) is 3. The fourth-order valence-electron chi connectivity index (χ4n) is 1.98. The molecule has 0 radical (unpaired) electrons. The van der Waals surface area contributed by atoms with Crippen LogP contribution in [0.5, 0.6) is 17.2 Å². The van der Waals surface area contributed by atoms with Crippen molar-refractivity contribution in [2.24, 2.45) is 0 Å². The van der Waals surface area contributed by atoms with E-state index in [9.17, 15) is 4.79 Å². The standard InChI is InChI=1S/C17H18ClNO4/c1-21-13-4-3-5-14(11-13)23-9-8-19-17(20)15-10-12(18)6-7-16(15)22-2/h3-7,10-11H,8-9H2,1-2H3,(H,19,20). The Morgan fingerprint density at radius 1 is 1.09 bits per heavy atom. The van der Waals surface area contributed by atoms with Crippen LogP contribution < -0.4 is 19.5 Å². The number of nitrogens with one attached hydrogen (secondary N) is 1. The van der Waals surface area contributed by atoms with Crippen molar-refractivity contribution in [3.05, 3.63) is 53.1 Å². The number of carbonyl (C=O) groups excluding carboxylic acids is 1. The Morgan fingerprint density at radius 2 is 1.87 bits per heavy atom. The van der Waals surface area contributed by atoms with Crippen LogP contribution in [0, 0.1) is 0 Å². The molecular formula is C17H18ClNO4. The molecule has 0 unspecified atom stereocenters. The average Bonchev–Trinajstić information content (AvgIpc) is 2.58. The number of carbonyl (C=O) groups is 1. The minimum absolute atomic E-state index is 0.265. The summed E-state index contributed by atoms with van der Waals surface area (Å²) in [7, 11) is 3.10. The van der Waals surface area contributed by atoms with Gasteiger partial charge in [0.1, 0.15) is 23.9 Å². The Balaban J connectivity index is 1.86. The molecule has 0 fully saturated rings. The molecule has 2 aromatic carbocycles. The molecule has 0 saturated carbocycles. The van der Waals surface area contributed by atoms with Crippen molar-refractivity contribution < 1.29 is 19.0 Å². The van der Waals surface area contributed by atoms with Crippen molar-refractivity contribution >= 4 is 17.5 Å². The third kappa shape index (κ3) is 4.79. The fraction of sp³-hybridized carbons (Fsp3) is 0.235. The van der Waals surface area contributed by atoms with Gasteiger partial charge < -0.3 is 19.5 Å². The van der Waals surface area contributed by atoms with Gasteiger partial charge in [-0.1, -0.05) is 17.7 Å². The first-order chi connectivity index (χ1) is 11.1. The fourth-order valence-corrected chi connectivity index (χ4v) is 2.15. The van der Waals surface area contributed by atoms with E-state index in [1.807, 2.05) is 18.2 Å². The van der Waals surface area contributed by atoms with Gasteiger partial charge in [-0.25, -0.2) is 0 Å². The Labute approximate surface area is 140 Å². The van der Waals surface area contributed by atoms with Crippen molar-refractivity contribution in [3.63, 3.8) is 0 Å². The van der Waals surface area contributed by atoms with Crippen LogP contribution in [-0.2, 0) is 0 Å². The number of benzene rings is 2. The van der Waals surface area contributed by atoms with E-state index in [-0.39, 0.29) is 5.91 Å². The van der Waals surface area contributed by atoms with Crippen molar-refractivity contribution in [2.75, 3.05) is 27.4 Å². The van der Waals surface area contributed by atoms with Crippen LogP contribution in [-0.4, -0.2) is 33.3 Å². The van der Waals surface area contributed by atoms with Crippen molar-refractivity contribution in [2.45, 2.75) is 0 Å². The van der Waals surface area contributed by atoms with Crippen LogP contribution >= 0.6 is 11.6 Å². The third-order valence-electron chi connectivity index (χ3n) is 3.10. The van der Waals surface area contributed by atoms with E-state index in [0.29, 0.717) is 35.2 Å². The van der Waals surface area contributed by atoms with Crippen LogP contribution in [0.15, 0.2) is 42.5 Å². The molecule has 1 amide bonds. The molecule has 2 rings (SSSR count). The minimum Gasteiger partial charge on any atom is -0.497 e. The van der Waals surface area contributed by atoms with Gasteiger partial charge >= 0.3 is 0 Å². The summed E-state index contributed by atoms with van der Waals surface area (Å²) in [6.07, 6.45) is 0. The number of amides is 1. The second-order valence-electron chi connectivity index (χ2n) is 4.63. The molecule has 0 saturated heterocycles. The summed E-state index contributed by atoms with van der Waals surface area (Å²) in [5, 5.41) is 3.24. The molecule has 1 N–H and O–H groups in total. The molecule has 6 heteroatoms. The van der Waals surface area contributed by atoms with E-state index in [1.165, 1.54) is 7.11 Å². The van der Waals surface area contributed by atoms with Crippen molar-refractivity contribution in [1.29, 1.82) is 0 Å². The zero-order chi connectivity index (χ0) is 16.7. The summed E-state index contributed by atoms with van der Waals surface area (Å²) in [5.74, 6) is 1.60. The van der Waals surface area contributed by atoms with E-state index in [4.69, 9.17) is 25.8 Å². The van der Waals surface area contributed by atoms with Crippen molar-refractivity contribution in [3.8, 4) is 17.2 Å². The lowest BCUT2D eigenvalue weighted by atomic mass is 10.2. The molecular weight excluding hydrogens is 318 g/mol. The highest BCUT2D eigenvalue weighted by Gasteiger charge is 2.12. The van der Waals surface area contributed by atoms with Gasteiger partial charge in [-0.3, -0.25) is 4.79 Å². The SMILES string of the molecule is COc1cccc(OCCNC(=O)c2cc(Cl)ccc2OC)c1. The first kappa shape index (κ1) is 17.0. The second-order valence-corrected chi connectivity index (χ2v) is 5.06. The highest BCUT2D eigenvalue weighted by atomic mass is 35.5. The molecule has 0 aliphatic rings. The third-order valence-corrected chi connectivity index (χ3v) is 3.34. The number of hydrogen-bond donors (Lipinski definition) is 1. The lowest BCUT2D eigenvalue weighted by molar-refractivity contribution is 0.0944. The van der Waals surface area contributed by atoms with E-state index in [1.54, 1.807) is 31.4 Å². The summed E-state index contributed by atoms with van der Waals surface area (Å²) in [6, 6.07) is 12.2. The van der Waals surface area contributed by atoms with Gasteiger partial charge in [0.15, 0.2) is 0 Å². The maximum Gasteiger partial charge on any atom is 0.255 e. The van der Waals surface area contributed by atoms with Gasteiger partial charge in [-0.05, 0) is 30.3 Å². The van der Waals surface area contributed by atoms with E-state index in [2.05, 4.69) is 5.32 Å². The first-order valence-corrected chi connectivity index (χ1v) is 7.40. The number of rotatable bonds is 7. The van der Waals surface area contributed by atoms with Gasteiger partial charge in [-0.15, -0.1) is 0 Å². The molecule has 0 aliphatic carbocycles. The zero-order valence-corrected chi connectivity index (χ0v) is 13.7. The summed E-state index contributed by atoms with van der Waals surface area (Å²) in [5.41, 5.74) is 0.390. The van der Waals surface area contributed by atoms with Gasteiger partial charge in [0, 0.05) is 11.1 Å². The highest BCUT2D eigenvalue weighted by molar-refractivity contribution is 6.31. The summed E-state index contributed by atoms with van der Waals surface area (Å²) in [6.45, 7) is 0.688. The molecule has 23 heavy (non-hydrogen) atoms. The number of halogens is 1. The molecule has 0 bridgehead atoms. The predicted octanol–water partition coefficient (Wildman–Crippen LogP) is 3.17. The van der Waals surface area contributed by atoms with Crippen LogP contribution in [0.3, 0.4) is 0 Å². The Morgan fingerprint density at radius 3 is 2.61 bits per heavy atom. The molecule has 122 valence electrons. The van der Waals surface area contributed by atoms with E-state index < -0.39 is 0 Å². The second kappa shape index (κ2) is 8.29. The maximum atomic E-state index is 12.2. The summed E-state index contributed by atoms with van der Waals surface area (Å²) >= 11 is 5.92. The molecule has 2 aromatic rings. The molecule has 0 heterocycles. The van der Waals surface area contributed by atoms with E-state index in [0.717, 1.165) is 5.75 Å². The van der Waals surface area contributed by atoms with Gasteiger partial charge in [0.25, 0.3) is 5.91 Å². The van der Waals surface area contributed by atoms with Gasteiger partial charge in [0.05, 0.1) is 26.3 Å². The summed E-state index contributed by atoms with van der Waals surface area (Å²) < 4.78 is 15.8. The predicted molar refractivity (Wildman–Crippen MR) is 88.8 cm³/mol. The van der Waals surface area contributed by atoms with Crippen LogP contribution in [0.4, 0.5) is 0 Å².